The zero-order chi connectivity index (χ0) is 64.6. The fourth-order valence-electron chi connectivity index (χ4n) is 8.17. The number of aryl methyl sites for hydroxylation is 3. The molecule has 7 N–H and O–H groups in total. The summed E-state index contributed by atoms with van der Waals surface area (Å²) in [5.41, 5.74) is 11.6. The highest BCUT2D eigenvalue weighted by molar-refractivity contribution is 7.80. The summed E-state index contributed by atoms with van der Waals surface area (Å²) in [6, 6.07) is 22.5. The summed E-state index contributed by atoms with van der Waals surface area (Å²) >= 11 is 0. The number of Topliss-reactive ketones (excluding diaryl/α,β-unsaturated/α-hetero) is 1. The molecule has 4 aromatic heterocycles. The lowest BCUT2D eigenvalue weighted by Crippen LogP contribution is -2.27. The van der Waals surface area contributed by atoms with Crippen molar-refractivity contribution in [1.82, 2.24) is 24.8 Å². The van der Waals surface area contributed by atoms with E-state index < -0.39 is 52.1 Å². The van der Waals surface area contributed by atoms with Crippen LogP contribution in [0.2, 0.25) is 0 Å². The first-order valence-electron chi connectivity index (χ1n) is 29.7. The van der Waals surface area contributed by atoms with Gasteiger partial charge in [-0.1, -0.05) is 73.2 Å². The predicted octanol–water partition coefficient (Wildman–Crippen LogP) is 16.0. The number of hydrogen-bond donors (Lipinski definition) is 6. The maximum Gasteiger partial charge on any atom is 0.412 e. The number of rotatable bonds is 21. The number of H-pyrrole nitrogens is 2. The van der Waals surface area contributed by atoms with Crippen LogP contribution in [-0.4, -0.2) is 103 Å². The number of ether oxygens (including phenoxy) is 2. The first kappa shape index (κ1) is 73.2. The van der Waals surface area contributed by atoms with E-state index in [0.29, 0.717) is 69.3 Å². The Balaban J connectivity index is 0.000000389. The van der Waals surface area contributed by atoms with Crippen molar-refractivity contribution in [2.45, 2.75) is 166 Å². The number of carbonyl (C=O) groups excluding carboxylic acids is 3. The van der Waals surface area contributed by atoms with E-state index in [1.54, 1.807) is 78.2 Å². The van der Waals surface area contributed by atoms with Gasteiger partial charge in [0, 0.05) is 74.1 Å². The third-order valence-corrected chi connectivity index (χ3v) is 21.0. The molecule has 1 saturated heterocycles. The van der Waals surface area contributed by atoms with Gasteiger partial charge in [-0.2, -0.15) is 0 Å². The zero-order valence-electron chi connectivity index (χ0n) is 53.2. The molecule has 0 atom stereocenters. The number of benzene rings is 2. The quantitative estimate of drug-likeness (QED) is 0.0365. The lowest BCUT2D eigenvalue weighted by molar-refractivity contribution is -0.137. The average Bonchev–Trinajstić information content (AvgIpc) is 2.78. The summed E-state index contributed by atoms with van der Waals surface area (Å²) in [4.78, 5) is 63.3. The summed E-state index contributed by atoms with van der Waals surface area (Å²) < 4.78 is 68.4. The number of nitrogens with two attached hydrogens (primary N) is 1. The number of anilines is 2. The lowest BCUT2D eigenvalue weighted by atomic mass is 10.0. The second-order valence-corrected chi connectivity index (χ2v) is 28.5. The van der Waals surface area contributed by atoms with Crippen LogP contribution in [0.3, 0.4) is 0 Å². The minimum atomic E-state index is -3.57. The number of carboxylic acid groups (broad SMARTS) is 1. The van der Waals surface area contributed by atoms with Crippen molar-refractivity contribution in [2.75, 3.05) is 48.8 Å². The molecule has 2 amide bonds. The molecule has 21 nitrogen and oxygen atoms in total. The average molecular weight is 1240 g/mol. The number of carbonyl (C=O) groups is 4. The highest BCUT2D eigenvalue weighted by Crippen LogP contribution is 2.82. The van der Waals surface area contributed by atoms with Crippen LogP contribution in [0.4, 0.5) is 21.0 Å². The number of nitrogens with one attached hydrogen (secondary N) is 4. The Hall–Kier alpha value is -6.01. The Morgan fingerprint density at radius 3 is 1.36 bits per heavy atom. The van der Waals surface area contributed by atoms with E-state index in [0.717, 1.165) is 44.3 Å². The SMILES string of the molecule is CC(C)(C)OC(=O)Nc1cccc(CCC(=O)CCc2ccnc3[nH]ccc23)c1.CC(C)(C)OC(=O)Nc1cccc(CCC(=O)O)c1.CCCP1(=O)OP(=O)(CCC)OP(=O)(CCC)O1.CCN(CC)CC.NCc1ccnc2[nH]ccc12.[2H]C. The molecule has 1 aliphatic rings. The molecule has 2 aromatic carbocycles. The number of aromatic amines is 2. The van der Waals surface area contributed by atoms with Crippen molar-refractivity contribution in [2.24, 2.45) is 5.73 Å². The number of fused-ring (bicyclic) bond motifs is 2. The van der Waals surface area contributed by atoms with Gasteiger partial charge in [-0.05, 0) is 170 Å². The Morgan fingerprint density at radius 2 is 1.00 bits per heavy atom. The van der Waals surface area contributed by atoms with Crippen LogP contribution in [0.25, 0.3) is 22.1 Å². The van der Waals surface area contributed by atoms with E-state index in [9.17, 15) is 32.9 Å². The molecule has 5 heterocycles. The van der Waals surface area contributed by atoms with Crippen LogP contribution in [0.15, 0.2) is 97.6 Å². The Labute approximate surface area is 505 Å². The monoisotopic (exact) mass is 1240 g/mol. The molecule has 472 valence electrons. The van der Waals surface area contributed by atoms with Gasteiger partial charge in [-0.15, -0.1) is 0 Å². The molecule has 0 unspecified atom stereocenters. The molecule has 0 saturated carbocycles. The van der Waals surface area contributed by atoms with Crippen molar-refractivity contribution < 1.29 is 61.8 Å². The molecule has 6 aromatic rings. The summed E-state index contributed by atoms with van der Waals surface area (Å²) in [5.74, 6) is -0.624. The van der Waals surface area contributed by atoms with Gasteiger partial charge in [0.2, 0.25) is 0 Å². The molecule has 1 fully saturated rings. The molecule has 0 bridgehead atoms. The number of ketones is 1. The zero-order valence-corrected chi connectivity index (χ0v) is 54.8. The molecule has 0 spiro atoms. The van der Waals surface area contributed by atoms with Gasteiger partial charge in [0.15, 0.2) is 0 Å². The van der Waals surface area contributed by atoms with Gasteiger partial charge in [-0.25, -0.2) is 32.5 Å². The molecular weight excluding hydrogens is 1150 g/mol. The number of hydrogen-bond acceptors (Lipinski definition) is 16. The maximum absolute atomic E-state index is 12.4. The molecule has 7 rings (SSSR count). The second kappa shape index (κ2) is 36.9. The Kier molecular flexibility index (Phi) is 31.8. The summed E-state index contributed by atoms with van der Waals surface area (Å²) in [5, 5.41) is 16.2. The summed E-state index contributed by atoms with van der Waals surface area (Å²) in [6.07, 6.45) is 11.0. The van der Waals surface area contributed by atoms with E-state index in [2.05, 4.69) is 56.2 Å². The van der Waals surface area contributed by atoms with E-state index in [4.69, 9.17) is 34.6 Å². The normalized spacial score (nSPS) is 17.3. The van der Waals surface area contributed by atoms with Gasteiger partial charge in [0.1, 0.15) is 28.3 Å². The molecule has 24 heteroatoms. The molecule has 85 heavy (non-hydrogen) atoms. The predicted molar refractivity (Wildman–Crippen MR) is 342 cm³/mol. The van der Waals surface area contributed by atoms with Gasteiger partial charge >= 0.3 is 40.9 Å². The number of aromatic nitrogens is 4. The van der Waals surface area contributed by atoms with Crippen LogP contribution in [0, 0.1) is 0 Å². The third kappa shape index (κ3) is 28.8. The maximum atomic E-state index is 12.4. The minimum Gasteiger partial charge on any atom is -0.481 e. The van der Waals surface area contributed by atoms with Crippen molar-refractivity contribution in [3.05, 3.63) is 120 Å². The van der Waals surface area contributed by atoms with Gasteiger partial charge in [0.05, 0.1) is 18.5 Å². The van der Waals surface area contributed by atoms with Crippen molar-refractivity contribution in [3.63, 3.8) is 0 Å². The number of amides is 2. The number of pyridine rings is 2. The van der Waals surface area contributed by atoms with Crippen LogP contribution < -0.4 is 16.4 Å². The largest absolute Gasteiger partial charge is 0.481 e. The van der Waals surface area contributed by atoms with Crippen LogP contribution in [0.1, 0.15) is 153 Å². The fourth-order valence-corrected chi connectivity index (χ4v) is 17.5. The number of nitrogens with zero attached hydrogens (tertiary/aromatic N) is 3. The number of carboxylic acids is 1. The number of aliphatic carboxylic acids is 1. The van der Waals surface area contributed by atoms with Crippen LogP contribution in [0.5, 0.6) is 0 Å². The first-order chi connectivity index (χ1) is 40.6. The highest BCUT2D eigenvalue weighted by Gasteiger charge is 2.51. The second-order valence-electron chi connectivity index (χ2n) is 21.6. The van der Waals surface area contributed by atoms with Crippen molar-refractivity contribution in [3.8, 4) is 0 Å². The Morgan fingerprint density at radius 1 is 0.612 bits per heavy atom. The van der Waals surface area contributed by atoms with Gasteiger partial charge in [0.25, 0.3) is 0 Å². The molecular formula is C61H95N8O13P3. The van der Waals surface area contributed by atoms with E-state index in [-0.39, 0.29) is 30.7 Å². The third-order valence-electron chi connectivity index (χ3n) is 12.0. The minimum absolute atomic E-state index is 0.0654. The van der Waals surface area contributed by atoms with Crippen LogP contribution in [-0.2, 0) is 71.5 Å². The van der Waals surface area contributed by atoms with Crippen LogP contribution >= 0.6 is 22.8 Å². The molecule has 0 radical (unpaired) electrons. The molecule has 1 aliphatic heterocycles. The van der Waals surface area contributed by atoms with Gasteiger partial charge in [-0.3, -0.25) is 33.9 Å². The topological polar surface area (TPSA) is 297 Å². The van der Waals surface area contributed by atoms with E-state index >= 15 is 0 Å². The van der Waals surface area contributed by atoms with E-state index in [1.807, 2.05) is 81.7 Å². The summed E-state index contributed by atoms with van der Waals surface area (Å²) in [6.45, 7) is 26.9. The van der Waals surface area contributed by atoms with Gasteiger partial charge < -0.3 is 35.2 Å². The first-order valence-corrected chi connectivity index (χ1v) is 33.9. The van der Waals surface area contributed by atoms with E-state index in [1.165, 1.54) is 27.0 Å². The smallest absolute Gasteiger partial charge is 0.412 e. The summed E-state index contributed by atoms with van der Waals surface area (Å²) in [7, 11) is -9.45. The standard InChI is InChI=1S/C23H27N3O3.C14H19NO4.C9H21O6P3.C8H9N3.C6H15N.CH4/c1-23(2,3)29-22(28)26-18-6-4-5-16(15-18)7-9-19(27)10-8-17-11-13-24-21-20(17)12-14-25-21;1-14(2,3)19-13(18)15-11-6-4-5-10(9-11)7-8-12(16)17;1-4-7-16(10)13-17(11,8-5-2)15-18(12,14-16)9-6-3;9-5-6-1-3-10-8-7(6)2-4-11-8;1-4-7(5-2)6-3;/h4-6,11-15H,7-10H2,1-3H3,(H,24,25)(H,26,28);4-6,9H,7-8H2,1-3H3,(H,15,18)(H,16,17);4-9H2,1-3H3;1-4H,5,9H2,(H,10,11);4-6H2,1-3H3;1H4/i;;;;;1D. The lowest BCUT2D eigenvalue weighted by Gasteiger charge is -2.33. The Bertz CT molecular complexity index is 3070. The van der Waals surface area contributed by atoms with Crippen molar-refractivity contribution >= 4 is 80.2 Å². The molecule has 0 aliphatic carbocycles. The highest BCUT2D eigenvalue weighted by atomic mass is 31.3. The fraction of sp³-hybridized carbons (Fsp3) is 0.508. The van der Waals surface area contributed by atoms with Crippen molar-refractivity contribution in [1.29, 1.82) is 0 Å².